The normalized spacial score (nSPS) is 14.9. The van der Waals surface area contributed by atoms with Gasteiger partial charge in [0, 0.05) is 25.7 Å². The number of carbonyl (C=O) groups excluding carboxylic acids is 16. The van der Waals surface area contributed by atoms with Crippen LogP contribution in [-0.4, -0.2) is 282 Å². The van der Waals surface area contributed by atoms with Gasteiger partial charge in [0.05, 0.1) is 44.9 Å². The van der Waals surface area contributed by atoms with Crippen molar-refractivity contribution in [1.82, 2.24) is 79.8 Å². The number of carbonyl (C=O) groups is 19. The van der Waals surface area contributed by atoms with Crippen molar-refractivity contribution in [2.24, 2.45) is 29.2 Å². The molecule has 0 saturated carbocycles. The Morgan fingerprint density at radius 2 is 0.717 bits per heavy atom. The maximum absolute atomic E-state index is 14.4. The molecule has 15 atom stereocenters. The number of phenols is 2. The molecule has 0 aromatic heterocycles. The molecule has 0 saturated heterocycles. The number of thioether (sulfide) groups is 1. The quantitative estimate of drug-likeness (QED) is 0.0293. The summed E-state index contributed by atoms with van der Waals surface area (Å²) in [5.41, 5.74) is 11.7. The first kappa shape index (κ1) is 104. The minimum Gasteiger partial charge on any atom is -0.508 e. The second-order valence-corrected chi connectivity index (χ2v) is 30.6. The van der Waals surface area contributed by atoms with Gasteiger partial charge in [0.1, 0.15) is 90.0 Å². The summed E-state index contributed by atoms with van der Waals surface area (Å²) in [5, 5.41) is 114. The van der Waals surface area contributed by atoms with Crippen LogP contribution in [-0.2, 0) is 104 Å². The second kappa shape index (κ2) is 52.9. The van der Waals surface area contributed by atoms with Gasteiger partial charge in [0.15, 0.2) is 0 Å². The van der Waals surface area contributed by atoms with Gasteiger partial charge in [-0.3, -0.25) is 86.3 Å². The van der Waals surface area contributed by atoms with E-state index in [1.165, 1.54) is 74.1 Å². The standard InChI is InChI=1S/C75H115N17O27S/c1-35(2)25-48(69(112)88-50(27-37(5)6)70(113)89-51(28-41-11-15-43(96)16-12-41)65(108)79-32-58(101)84-54(34-93)75(118)119)83-57(100)31-78-64(107)45(20-22-59(102)103)86-74(117)62(40(9)95)92-72(115)53(30-60(104)105)91-67(110)47(23-24-120-10)85-63(106)38(7)81-68(111)49(26-36(3)4)87-71(114)52(29-42-13-17-44(97)18-14-42)90-66(109)46(19-21-55(76)98)82-56(99)33-80-73(116)61(77)39(8)94/h11-18,35-40,45-54,61-62,93-97H,19-34,77H2,1-10H3,(H2,76,98)(H,78,107)(H,79,108)(H,80,116)(H,81,111)(H,82,99)(H,83,100)(H,84,101)(H,85,106)(H,86,117)(H,87,114)(H,88,112)(H,89,113)(H,90,109)(H,91,110)(H,92,115)(H,102,103)(H,104,105)(H,118,119)/t38-,39+,40+,45-,46-,47-,48-,49-,50-,51-,52-,53-,54-,61-,62-/m0/s1. The number of aromatic hydroxyl groups is 2. The number of carboxylic acid groups (broad SMARTS) is 3. The Morgan fingerprint density at radius 1 is 0.375 bits per heavy atom. The van der Waals surface area contributed by atoms with Crippen LogP contribution >= 0.6 is 11.8 Å². The average molecular weight is 1720 g/mol. The fourth-order valence-electron chi connectivity index (χ4n) is 11.2. The number of aliphatic hydroxyl groups excluding tert-OH is 3. The topological polar surface area (TPSA) is 719 Å². The Bertz CT molecular complexity index is 3870. The molecular weight excluding hydrogens is 1600 g/mol. The van der Waals surface area contributed by atoms with Gasteiger partial charge in [-0.2, -0.15) is 11.8 Å². The van der Waals surface area contributed by atoms with Gasteiger partial charge >= 0.3 is 17.9 Å². The SMILES string of the molecule is CSCC[C@H](NC(=O)[C@H](C)NC(=O)[C@H](CC(C)C)NC(=O)[C@H](Cc1ccc(O)cc1)NC(=O)[C@H](CCC(N)=O)NC(=O)CNC(=O)[C@@H](N)[C@@H](C)O)C(=O)N[C@@H](CC(=O)O)C(=O)N[C@H](C(=O)N[C@@H](CCC(=O)O)C(=O)NCC(=O)N[C@@H](CC(C)C)C(=O)N[C@@H](CC(C)C)C(=O)N[C@@H](Cc1ccc(O)cc1)C(=O)NCC(=O)N[C@@H](CO)C(=O)O)[C@@H](C)O. The van der Waals surface area contributed by atoms with Gasteiger partial charge < -0.3 is 132 Å². The highest BCUT2D eigenvalue weighted by atomic mass is 32.2. The molecule has 0 aliphatic rings. The number of phenolic OH excluding ortho intramolecular Hbond substituents is 2. The maximum atomic E-state index is 14.4. The van der Waals surface area contributed by atoms with Crippen LogP contribution < -0.4 is 91.2 Å². The molecule has 0 spiro atoms. The van der Waals surface area contributed by atoms with Crippen molar-refractivity contribution in [2.45, 2.75) is 224 Å². The van der Waals surface area contributed by atoms with Crippen LogP contribution in [0.25, 0.3) is 0 Å². The number of aliphatic carboxylic acids is 3. The summed E-state index contributed by atoms with van der Waals surface area (Å²) < 4.78 is 0. The first-order valence-electron chi connectivity index (χ1n) is 38.3. The zero-order valence-electron chi connectivity index (χ0n) is 68.2. The number of nitrogens with one attached hydrogen (secondary N) is 15. The highest BCUT2D eigenvalue weighted by molar-refractivity contribution is 7.98. The molecule has 0 fully saturated rings. The molecule has 0 unspecified atom stereocenters. The first-order chi connectivity index (χ1) is 56.1. The molecule has 27 N–H and O–H groups in total. The van der Waals surface area contributed by atoms with Crippen LogP contribution in [0.3, 0.4) is 0 Å². The molecule has 0 radical (unpaired) electrons. The predicted octanol–water partition coefficient (Wildman–Crippen LogP) is -7.27. The number of carboxylic acids is 3. The second-order valence-electron chi connectivity index (χ2n) is 29.6. The molecule has 0 aliphatic carbocycles. The Labute approximate surface area is 695 Å². The molecule has 16 amide bonds. The van der Waals surface area contributed by atoms with Gasteiger partial charge in [-0.25, -0.2) is 4.79 Å². The Hall–Kier alpha value is -11.8. The molecule has 2 aromatic carbocycles. The molecule has 45 heteroatoms. The Morgan fingerprint density at radius 3 is 1.12 bits per heavy atom. The van der Waals surface area contributed by atoms with Crippen molar-refractivity contribution in [1.29, 1.82) is 0 Å². The van der Waals surface area contributed by atoms with Crippen molar-refractivity contribution >= 4 is 124 Å². The Kier molecular flexibility index (Phi) is 45.9. The van der Waals surface area contributed by atoms with E-state index in [1.54, 1.807) is 47.8 Å². The minimum absolute atomic E-state index is 0.0608. The first-order valence-corrected chi connectivity index (χ1v) is 39.7. The lowest BCUT2D eigenvalue weighted by Crippen LogP contribution is -2.61. The minimum atomic E-state index is -2.12. The number of hydrogen-bond donors (Lipinski definition) is 25. The summed E-state index contributed by atoms with van der Waals surface area (Å²) in [5.74, 6) is -22.9. The zero-order chi connectivity index (χ0) is 91.0. The van der Waals surface area contributed by atoms with E-state index in [2.05, 4.69) is 74.4 Å². The van der Waals surface area contributed by atoms with Gasteiger partial charge in [-0.05, 0) is 124 Å². The summed E-state index contributed by atoms with van der Waals surface area (Å²) in [7, 11) is 0. The van der Waals surface area contributed by atoms with Crippen molar-refractivity contribution in [3.05, 3.63) is 59.7 Å². The fraction of sp³-hybridized carbons (Fsp3) is 0.587. The summed E-state index contributed by atoms with van der Waals surface area (Å²) in [6.07, 6.45) is -6.22. The van der Waals surface area contributed by atoms with E-state index in [4.69, 9.17) is 11.5 Å². The maximum Gasteiger partial charge on any atom is 0.328 e. The number of rotatable bonds is 55. The van der Waals surface area contributed by atoms with Crippen LogP contribution in [0, 0.1) is 17.8 Å². The molecule has 0 aliphatic heterocycles. The molecule has 0 heterocycles. The molecule has 44 nitrogen and oxygen atoms in total. The lowest BCUT2D eigenvalue weighted by Gasteiger charge is -2.28. The van der Waals surface area contributed by atoms with E-state index < -0.39 is 262 Å². The van der Waals surface area contributed by atoms with Gasteiger partial charge in [0.2, 0.25) is 94.5 Å². The van der Waals surface area contributed by atoms with Crippen molar-refractivity contribution < 1.29 is 132 Å². The van der Waals surface area contributed by atoms with Crippen molar-refractivity contribution in [3.8, 4) is 11.5 Å². The van der Waals surface area contributed by atoms with Crippen LogP contribution in [0.1, 0.15) is 131 Å². The molecule has 2 rings (SSSR count). The average Bonchev–Trinajstić information content (AvgIpc) is 0.854. The number of hydrogen-bond acceptors (Lipinski definition) is 26. The number of amides is 16. The lowest BCUT2D eigenvalue weighted by atomic mass is 9.99. The third kappa shape index (κ3) is 40.1. The molecule has 668 valence electrons. The summed E-state index contributed by atoms with van der Waals surface area (Å²) in [6, 6.07) is -10.5. The third-order valence-corrected chi connectivity index (χ3v) is 18.3. The highest BCUT2D eigenvalue weighted by Gasteiger charge is 2.39. The van der Waals surface area contributed by atoms with Crippen LogP contribution in [0.2, 0.25) is 0 Å². The summed E-state index contributed by atoms with van der Waals surface area (Å²) >= 11 is 1.18. The van der Waals surface area contributed by atoms with E-state index in [9.17, 15) is 132 Å². The lowest BCUT2D eigenvalue weighted by molar-refractivity contribution is -0.143. The van der Waals surface area contributed by atoms with Gasteiger partial charge in [-0.1, -0.05) is 65.8 Å². The van der Waals surface area contributed by atoms with Crippen molar-refractivity contribution in [3.63, 3.8) is 0 Å². The fourth-order valence-corrected chi connectivity index (χ4v) is 11.7. The number of nitrogens with two attached hydrogens (primary N) is 2. The predicted molar refractivity (Wildman–Crippen MR) is 426 cm³/mol. The van der Waals surface area contributed by atoms with Gasteiger partial charge in [-0.15, -0.1) is 0 Å². The molecule has 0 bridgehead atoms. The van der Waals surface area contributed by atoms with Gasteiger partial charge in [0.25, 0.3) is 0 Å². The number of aliphatic hydroxyl groups is 3. The van der Waals surface area contributed by atoms with E-state index in [1.807, 2.05) is 5.32 Å². The van der Waals surface area contributed by atoms with Crippen LogP contribution in [0.4, 0.5) is 0 Å². The molecule has 120 heavy (non-hydrogen) atoms. The monoisotopic (exact) mass is 1720 g/mol. The largest absolute Gasteiger partial charge is 0.508 e. The summed E-state index contributed by atoms with van der Waals surface area (Å²) in [6.45, 7) is 10.0. The smallest absolute Gasteiger partial charge is 0.328 e. The zero-order valence-corrected chi connectivity index (χ0v) is 69.0. The van der Waals surface area contributed by atoms with Crippen LogP contribution in [0.5, 0.6) is 11.5 Å². The van der Waals surface area contributed by atoms with E-state index in [0.717, 1.165) is 6.92 Å². The van der Waals surface area contributed by atoms with Crippen molar-refractivity contribution in [2.75, 3.05) is 38.2 Å². The van der Waals surface area contributed by atoms with E-state index in [0.29, 0.717) is 11.1 Å². The highest BCUT2D eigenvalue weighted by Crippen LogP contribution is 2.17. The van der Waals surface area contributed by atoms with E-state index in [-0.39, 0.29) is 73.5 Å². The molecular formula is C75H115N17O27S. The van der Waals surface area contributed by atoms with E-state index >= 15 is 0 Å². The Balaban J connectivity index is 2.38. The van der Waals surface area contributed by atoms with Crippen LogP contribution in [0.15, 0.2) is 48.5 Å². The molecule has 2 aromatic rings. The number of primary amides is 1. The third-order valence-electron chi connectivity index (χ3n) is 17.6. The summed E-state index contributed by atoms with van der Waals surface area (Å²) in [4.78, 5) is 254. The number of benzene rings is 2.